The Labute approximate surface area is 118 Å². The molecule has 1 aromatic heterocycles. The molecule has 0 unspecified atom stereocenters. The highest BCUT2D eigenvalue weighted by Gasteiger charge is 2.12. The molecule has 0 radical (unpaired) electrons. The molecule has 108 valence electrons. The van der Waals surface area contributed by atoms with Gasteiger partial charge in [0.1, 0.15) is 5.69 Å². The molecule has 1 amide bonds. The van der Waals surface area contributed by atoms with Crippen LogP contribution in [0.25, 0.3) is 10.9 Å². The molecule has 0 aliphatic rings. The SMILES string of the molecule is Cn1c(C(=O)NCCCOCCO)cc2ccccc21. The van der Waals surface area contributed by atoms with Gasteiger partial charge in [-0.15, -0.1) is 0 Å². The average Bonchev–Trinajstić information content (AvgIpc) is 2.80. The van der Waals surface area contributed by atoms with E-state index < -0.39 is 0 Å². The van der Waals surface area contributed by atoms with Gasteiger partial charge in [0.05, 0.1) is 13.2 Å². The number of para-hydroxylation sites is 1. The molecule has 20 heavy (non-hydrogen) atoms. The molecule has 0 spiro atoms. The molecule has 0 aliphatic carbocycles. The summed E-state index contributed by atoms with van der Waals surface area (Å²) in [4.78, 5) is 12.1. The van der Waals surface area contributed by atoms with Gasteiger partial charge in [-0.3, -0.25) is 4.79 Å². The van der Waals surface area contributed by atoms with Crippen molar-refractivity contribution in [2.24, 2.45) is 7.05 Å². The van der Waals surface area contributed by atoms with Crippen LogP contribution in [-0.4, -0.2) is 41.9 Å². The van der Waals surface area contributed by atoms with Crippen molar-refractivity contribution in [3.8, 4) is 0 Å². The first-order chi connectivity index (χ1) is 9.74. The number of benzene rings is 1. The van der Waals surface area contributed by atoms with Crippen molar-refractivity contribution in [2.45, 2.75) is 6.42 Å². The summed E-state index contributed by atoms with van der Waals surface area (Å²) in [6.45, 7) is 1.47. The number of nitrogens with one attached hydrogen (secondary N) is 1. The minimum Gasteiger partial charge on any atom is -0.394 e. The Bertz CT molecular complexity index is 578. The Morgan fingerprint density at radius 2 is 2.15 bits per heavy atom. The molecule has 0 fully saturated rings. The fraction of sp³-hybridized carbons (Fsp3) is 0.400. The van der Waals surface area contributed by atoms with Crippen molar-refractivity contribution in [3.63, 3.8) is 0 Å². The zero-order chi connectivity index (χ0) is 14.4. The highest BCUT2D eigenvalue weighted by molar-refractivity contribution is 5.98. The van der Waals surface area contributed by atoms with Crippen molar-refractivity contribution in [1.29, 1.82) is 0 Å². The predicted molar refractivity (Wildman–Crippen MR) is 77.8 cm³/mol. The van der Waals surface area contributed by atoms with Crippen molar-refractivity contribution < 1.29 is 14.6 Å². The lowest BCUT2D eigenvalue weighted by molar-refractivity contribution is 0.0864. The highest BCUT2D eigenvalue weighted by Crippen LogP contribution is 2.17. The summed E-state index contributed by atoms with van der Waals surface area (Å²) in [7, 11) is 1.89. The van der Waals surface area contributed by atoms with E-state index in [2.05, 4.69) is 5.32 Å². The maximum absolute atomic E-state index is 12.1. The van der Waals surface area contributed by atoms with Crippen LogP contribution in [0.3, 0.4) is 0 Å². The molecule has 1 heterocycles. The van der Waals surface area contributed by atoms with Crippen molar-refractivity contribution in [3.05, 3.63) is 36.0 Å². The number of ether oxygens (including phenoxy) is 1. The number of fused-ring (bicyclic) bond motifs is 1. The lowest BCUT2D eigenvalue weighted by atomic mass is 10.2. The smallest absolute Gasteiger partial charge is 0.267 e. The second kappa shape index (κ2) is 7.07. The topological polar surface area (TPSA) is 63.5 Å². The summed E-state index contributed by atoms with van der Waals surface area (Å²) in [5.74, 6) is -0.0779. The molecule has 1 aromatic carbocycles. The molecular formula is C15H20N2O3. The number of amides is 1. The van der Waals surface area contributed by atoms with Gasteiger partial charge in [-0.1, -0.05) is 18.2 Å². The largest absolute Gasteiger partial charge is 0.394 e. The summed E-state index contributed by atoms with van der Waals surface area (Å²) >= 11 is 0. The number of rotatable bonds is 7. The summed E-state index contributed by atoms with van der Waals surface area (Å²) in [6.07, 6.45) is 0.732. The second-order valence-corrected chi connectivity index (χ2v) is 4.59. The molecule has 0 bridgehead atoms. The van der Waals surface area contributed by atoms with Crippen LogP contribution in [0.1, 0.15) is 16.9 Å². The van der Waals surface area contributed by atoms with Gasteiger partial charge in [0, 0.05) is 31.1 Å². The van der Waals surface area contributed by atoms with E-state index in [1.54, 1.807) is 0 Å². The van der Waals surface area contributed by atoms with Crippen molar-refractivity contribution in [2.75, 3.05) is 26.4 Å². The predicted octanol–water partition coefficient (Wildman–Crippen LogP) is 1.31. The number of aromatic nitrogens is 1. The first kappa shape index (κ1) is 14.6. The lowest BCUT2D eigenvalue weighted by Gasteiger charge is -2.06. The summed E-state index contributed by atoms with van der Waals surface area (Å²) in [5.41, 5.74) is 1.70. The number of hydrogen-bond acceptors (Lipinski definition) is 3. The number of aliphatic hydroxyl groups is 1. The van der Waals surface area contributed by atoms with E-state index in [4.69, 9.17) is 9.84 Å². The maximum Gasteiger partial charge on any atom is 0.267 e. The zero-order valence-electron chi connectivity index (χ0n) is 11.6. The number of hydrogen-bond donors (Lipinski definition) is 2. The Morgan fingerprint density at radius 3 is 2.90 bits per heavy atom. The van der Waals surface area contributed by atoms with Crippen molar-refractivity contribution in [1.82, 2.24) is 9.88 Å². The third kappa shape index (κ3) is 3.37. The van der Waals surface area contributed by atoms with Gasteiger partial charge >= 0.3 is 0 Å². The maximum atomic E-state index is 12.1. The quantitative estimate of drug-likeness (QED) is 0.749. The molecular weight excluding hydrogens is 256 g/mol. The first-order valence-electron chi connectivity index (χ1n) is 6.75. The van der Waals surface area contributed by atoms with Crippen LogP contribution < -0.4 is 5.32 Å². The van der Waals surface area contributed by atoms with E-state index in [9.17, 15) is 4.79 Å². The van der Waals surface area contributed by atoms with Gasteiger partial charge in [0.25, 0.3) is 5.91 Å². The van der Waals surface area contributed by atoms with E-state index >= 15 is 0 Å². The second-order valence-electron chi connectivity index (χ2n) is 4.59. The fourth-order valence-electron chi connectivity index (χ4n) is 2.14. The number of nitrogens with zero attached hydrogens (tertiary/aromatic N) is 1. The van der Waals surface area contributed by atoms with Gasteiger partial charge in [-0.2, -0.15) is 0 Å². The lowest BCUT2D eigenvalue weighted by Crippen LogP contribution is -2.27. The van der Waals surface area contributed by atoms with Crippen LogP contribution in [0.4, 0.5) is 0 Å². The summed E-state index contributed by atoms with van der Waals surface area (Å²) < 4.78 is 7.03. The van der Waals surface area contributed by atoms with Gasteiger partial charge in [-0.25, -0.2) is 0 Å². The third-order valence-corrected chi connectivity index (χ3v) is 3.17. The van der Waals surface area contributed by atoms with Crippen molar-refractivity contribution >= 4 is 16.8 Å². The van der Waals surface area contributed by atoms with Crippen LogP contribution in [0.15, 0.2) is 30.3 Å². The Hall–Kier alpha value is -1.85. The minimum atomic E-state index is -0.0779. The van der Waals surface area contributed by atoms with Crippen LogP contribution in [-0.2, 0) is 11.8 Å². The van der Waals surface area contributed by atoms with E-state index in [-0.39, 0.29) is 12.5 Å². The normalized spacial score (nSPS) is 10.9. The molecule has 0 saturated carbocycles. The Kier molecular flexibility index (Phi) is 5.15. The van der Waals surface area contributed by atoms with E-state index in [1.807, 2.05) is 41.9 Å². The van der Waals surface area contributed by atoms with Crippen LogP contribution >= 0.6 is 0 Å². The number of aryl methyl sites for hydroxylation is 1. The minimum absolute atomic E-state index is 0.0301. The molecule has 5 nitrogen and oxygen atoms in total. The number of carbonyl (C=O) groups is 1. The summed E-state index contributed by atoms with van der Waals surface area (Å²) in [5, 5.41) is 12.5. The zero-order valence-corrected chi connectivity index (χ0v) is 11.6. The average molecular weight is 276 g/mol. The van der Waals surface area contributed by atoms with Gasteiger partial charge < -0.3 is 19.7 Å². The highest BCUT2D eigenvalue weighted by atomic mass is 16.5. The van der Waals surface area contributed by atoms with Crippen LogP contribution in [0.5, 0.6) is 0 Å². The summed E-state index contributed by atoms with van der Waals surface area (Å²) in [6, 6.07) is 9.81. The van der Waals surface area contributed by atoms with E-state index in [0.29, 0.717) is 25.5 Å². The first-order valence-corrected chi connectivity index (χ1v) is 6.75. The van der Waals surface area contributed by atoms with Crippen LogP contribution in [0.2, 0.25) is 0 Å². The molecule has 0 atom stereocenters. The molecule has 2 aromatic rings. The van der Waals surface area contributed by atoms with Gasteiger partial charge in [-0.05, 0) is 18.6 Å². The van der Waals surface area contributed by atoms with E-state index in [0.717, 1.165) is 17.3 Å². The standard InChI is InChI=1S/C15H20N2O3/c1-17-13-6-3-2-5-12(13)11-14(17)15(19)16-7-4-9-20-10-8-18/h2-3,5-6,11,18H,4,7-10H2,1H3,(H,16,19). The Morgan fingerprint density at radius 1 is 1.35 bits per heavy atom. The molecule has 0 aliphatic heterocycles. The fourth-order valence-corrected chi connectivity index (χ4v) is 2.14. The van der Waals surface area contributed by atoms with Gasteiger partial charge in [0.15, 0.2) is 0 Å². The number of aliphatic hydroxyl groups excluding tert-OH is 1. The van der Waals surface area contributed by atoms with E-state index in [1.165, 1.54) is 0 Å². The molecule has 2 N–H and O–H groups in total. The van der Waals surface area contributed by atoms with Crippen LogP contribution in [0, 0.1) is 0 Å². The molecule has 2 rings (SSSR count). The molecule has 0 saturated heterocycles. The van der Waals surface area contributed by atoms with Gasteiger partial charge in [0.2, 0.25) is 0 Å². The monoisotopic (exact) mass is 276 g/mol. The molecule has 5 heteroatoms. The Balaban J connectivity index is 1.89. The number of carbonyl (C=O) groups excluding carboxylic acids is 1. The third-order valence-electron chi connectivity index (χ3n) is 3.17.